The second kappa shape index (κ2) is 5.88. The van der Waals surface area contributed by atoms with Crippen LogP contribution in [0, 0.1) is 11.2 Å². The second-order valence-corrected chi connectivity index (χ2v) is 7.50. The van der Waals surface area contributed by atoms with E-state index in [4.69, 9.17) is 11.6 Å². The lowest BCUT2D eigenvalue weighted by atomic mass is 9.75. The Morgan fingerprint density at radius 1 is 1.33 bits per heavy atom. The summed E-state index contributed by atoms with van der Waals surface area (Å²) >= 11 is 9.33. The predicted molar refractivity (Wildman–Crippen MR) is 88.1 cm³/mol. The first-order valence-electron chi connectivity index (χ1n) is 7.42. The third-order valence-corrected chi connectivity index (χ3v) is 5.44. The molecule has 2 nitrogen and oxygen atoms in total. The highest BCUT2D eigenvalue weighted by atomic mass is 79.9. The highest BCUT2D eigenvalue weighted by Gasteiger charge is 2.29. The molecule has 1 aromatic carbocycles. The Bertz CT molecular complexity index is 662. The third-order valence-electron chi connectivity index (χ3n) is 4.59. The summed E-state index contributed by atoms with van der Waals surface area (Å²) in [6.07, 6.45) is 6.38. The zero-order chi connectivity index (χ0) is 15.0. The van der Waals surface area contributed by atoms with Crippen molar-refractivity contribution in [2.24, 2.45) is 5.41 Å². The molecular formula is C16H19BrClFN2. The van der Waals surface area contributed by atoms with Crippen molar-refractivity contribution in [3.05, 3.63) is 28.2 Å². The normalized spacial score (nSPS) is 18.3. The van der Waals surface area contributed by atoms with Crippen LogP contribution in [0.3, 0.4) is 0 Å². The van der Waals surface area contributed by atoms with Gasteiger partial charge in [0.2, 0.25) is 0 Å². The van der Waals surface area contributed by atoms with Gasteiger partial charge in [-0.05, 0) is 40.3 Å². The lowest BCUT2D eigenvalue weighted by molar-refractivity contribution is 0.184. The van der Waals surface area contributed by atoms with E-state index in [1.54, 1.807) is 0 Å². The maximum absolute atomic E-state index is 13.7. The third kappa shape index (κ3) is 2.98. The molecule has 21 heavy (non-hydrogen) atoms. The van der Waals surface area contributed by atoms with Crippen LogP contribution in [-0.4, -0.2) is 9.55 Å². The van der Waals surface area contributed by atoms with E-state index in [1.165, 1.54) is 38.2 Å². The van der Waals surface area contributed by atoms with Gasteiger partial charge in [-0.3, -0.25) is 0 Å². The van der Waals surface area contributed by atoms with Crippen molar-refractivity contribution in [1.82, 2.24) is 9.55 Å². The molecule has 114 valence electrons. The first-order chi connectivity index (χ1) is 10.0. The highest BCUT2D eigenvalue weighted by Crippen LogP contribution is 2.38. The molecule has 0 N–H and O–H groups in total. The molecule has 1 aromatic heterocycles. The van der Waals surface area contributed by atoms with Crippen LogP contribution in [0.1, 0.15) is 44.9 Å². The highest BCUT2D eigenvalue weighted by molar-refractivity contribution is 9.10. The fourth-order valence-electron chi connectivity index (χ4n) is 3.39. The van der Waals surface area contributed by atoms with Crippen molar-refractivity contribution in [3.63, 3.8) is 0 Å². The van der Waals surface area contributed by atoms with Crippen molar-refractivity contribution in [2.45, 2.75) is 51.5 Å². The quantitative estimate of drug-likeness (QED) is 0.636. The average molecular weight is 374 g/mol. The molecule has 1 saturated carbocycles. The minimum absolute atomic E-state index is 0.280. The van der Waals surface area contributed by atoms with Gasteiger partial charge in [-0.15, -0.1) is 11.6 Å². The summed E-state index contributed by atoms with van der Waals surface area (Å²) in [7, 11) is 0. The Hall–Kier alpha value is -0.610. The van der Waals surface area contributed by atoms with Crippen LogP contribution in [0.5, 0.6) is 0 Å². The number of halogens is 3. The molecule has 5 heteroatoms. The molecule has 0 unspecified atom stereocenters. The molecule has 0 saturated heterocycles. The number of aromatic nitrogens is 2. The van der Waals surface area contributed by atoms with E-state index in [9.17, 15) is 4.39 Å². The molecule has 3 rings (SSSR count). The van der Waals surface area contributed by atoms with Crippen LogP contribution in [0.4, 0.5) is 4.39 Å². The van der Waals surface area contributed by atoms with E-state index >= 15 is 0 Å². The van der Waals surface area contributed by atoms with Gasteiger partial charge in [0.1, 0.15) is 11.6 Å². The van der Waals surface area contributed by atoms with Crippen LogP contribution in [0.15, 0.2) is 16.6 Å². The zero-order valence-electron chi connectivity index (χ0n) is 12.1. The van der Waals surface area contributed by atoms with Crippen molar-refractivity contribution in [2.75, 3.05) is 0 Å². The van der Waals surface area contributed by atoms with E-state index in [2.05, 4.69) is 32.4 Å². The number of alkyl halides is 1. The number of hydrogen-bond acceptors (Lipinski definition) is 1. The second-order valence-electron chi connectivity index (χ2n) is 6.37. The standard InChI is InChI=1S/C16H19BrClFN2/c1-16(5-3-2-4-6-16)10-21-14-7-11(17)12(19)8-13(14)20-15(21)9-18/h7-8H,2-6,9-10H2,1H3. The Morgan fingerprint density at radius 3 is 2.71 bits per heavy atom. The fourth-order valence-corrected chi connectivity index (χ4v) is 3.93. The monoisotopic (exact) mass is 372 g/mol. The Morgan fingerprint density at radius 2 is 2.05 bits per heavy atom. The van der Waals surface area contributed by atoms with Crippen LogP contribution < -0.4 is 0 Å². The molecule has 0 atom stereocenters. The van der Waals surface area contributed by atoms with E-state index in [-0.39, 0.29) is 11.2 Å². The summed E-state index contributed by atoms with van der Waals surface area (Å²) in [6.45, 7) is 3.25. The van der Waals surface area contributed by atoms with Crippen molar-refractivity contribution in [1.29, 1.82) is 0 Å². The van der Waals surface area contributed by atoms with Gasteiger partial charge in [-0.2, -0.15) is 0 Å². The molecule has 2 aromatic rings. The van der Waals surface area contributed by atoms with Crippen molar-refractivity contribution in [3.8, 4) is 0 Å². The van der Waals surface area contributed by atoms with Crippen molar-refractivity contribution >= 4 is 38.6 Å². The molecule has 1 aliphatic carbocycles. The topological polar surface area (TPSA) is 17.8 Å². The van der Waals surface area contributed by atoms with E-state index in [0.29, 0.717) is 15.9 Å². The predicted octanol–water partition coefficient (Wildman–Crippen LogP) is 5.65. The first kappa shape index (κ1) is 15.3. The minimum atomic E-state index is -0.280. The molecule has 1 heterocycles. The number of imidazole rings is 1. The van der Waals surface area contributed by atoms with Crippen LogP contribution in [-0.2, 0) is 12.4 Å². The van der Waals surface area contributed by atoms with E-state index in [1.807, 2.05) is 6.07 Å². The molecule has 0 spiro atoms. The summed E-state index contributed by atoms with van der Waals surface area (Å²) in [6, 6.07) is 3.30. The molecule has 0 aliphatic heterocycles. The van der Waals surface area contributed by atoms with Gasteiger partial charge in [-0.25, -0.2) is 9.37 Å². The molecule has 0 bridgehead atoms. The van der Waals surface area contributed by atoms with Crippen molar-refractivity contribution < 1.29 is 4.39 Å². The molecule has 0 amide bonds. The lowest BCUT2D eigenvalue weighted by Crippen LogP contribution is -2.26. The van der Waals surface area contributed by atoms with Gasteiger partial charge in [0, 0.05) is 12.6 Å². The van der Waals surface area contributed by atoms with Gasteiger partial charge in [0.25, 0.3) is 0 Å². The molecular weight excluding hydrogens is 355 g/mol. The Balaban J connectivity index is 2.05. The van der Waals surface area contributed by atoms with Gasteiger partial charge in [-0.1, -0.05) is 26.2 Å². The van der Waals surface area contributed by atoms with E-state index in [0.717, 1.165) is 17.9 Å². The van der Waals surface area contributed by atoms with Gasteiger partial charge in [0.05, 0.1) is 21.4 Å². The minimum Gasteiger partial charge on any atom is -0.326 e. The summed E-state index contributed by atoms with van der Waals surface area (Å²) in [5, 5.41) is 0. The number of rotatable bonds is 3. The van der Waals surface area contributed by atoms with Crippen LogP contribution >= 0.6 is 27.5 Å². The smallest absolute Gasteiger partial charge is 0.139 e. The maximum Gasteiger partial charge on any atom is 0.139 e. The number of hydrogen-bond donors (Lipinski definition) is 0. The summed E-state index contributed by atoms with van der Waals surface area (Å²) in [4.78, 5) is 4.50. The maximum atomic E-state index is 13.7. The number of nitrogens with zero attached hydrogens (tertiary/aromatic N) is 2. The Labute approximate surface area is 137 Å². The van der Waals surface area contributed by atoms with Gasteiger partial charge < -0.3 is 4.57 Å². The summed E-state index contributed by atoms with van der Waals surface area (Å²) in [5.41, 5.74) is 1.93. The lowest BCUT2D eigenvalue weighted by Gasteiger charge is -2.34. The van der Waals surface area contributed by atoms with Crippen LogP contribution in [0.2, 0.25) is 0 Å². The molecule has 1 aliphatic rings. The SMILES string of the molecule is CC1(Cn2c(CCl)nc3cc(F)c(Br)cc32)CCCCC1. The summed E-state index contributed by atoms with van der Waals surface area (Å²) < 4.78 is 16.4. The van der Waals surface area contributed by atoms with Gasteiger partial charge in [0.15, 0.2) is 0 Å². The van der Waals surface area contributed by atoms with E-state index < -0.39 is 0 Å². The average Bonchev–Trinajstić information content (AvgIpc) is 2.77. The molecule has 0 radical (unpaired) electrons. The van der Waals surface area contributed by atoms with Crippen LogP contribution in [0.25, 0.3) is 11.0 Å². The number of benzene rings is 1. The van der Waals surface area contributed by atoms with Gasteiger partial charge >= 0.3 is 0 Å². The zero-order valence-corrected chi connectivity index (χ0v) is 14.5. The number of fused-ring (bicyclic) bond motifs is 1. The summed E-state index contributed by atoms with van der Waals surface area (Å²) in [5.74, 6) is 0.900. The Kier molecular flexibility index (Phi) is 4.28. The molecule has 1 fully saturated rings. The fraction of sp³-hybridized carbons (Fsp3) is 0.562. The first-order valence-corrected chi connectivity index (χ1v) is 8.75. The largest absolute Gasteiger partial charge is 0.326 e.